The van der Waals surface area contributed by atoms with Crippen LogP contribution in [0.4, 0.5) is 10.1 Å². The van der Waals surface area contributed by atoms with Gasteiger partial charge in [0, 0.05) is 11.8 Å². The Bertz CT molecular complexity index is 409. The maximum Gasteiger partial charge on any atom is 0.146 e. The summed E-state index contributed by atoms with van der Waals surface area (Å²) in [6, 6.07) is 6.36. The van der Waals surface area contributed by atoms with Crippen LogP contribution >= 0.6 is 0 Å². The zero-order chi connectivity index (χ0) is 9.26. The first-order valence-electron chi connectivity index (χ1n) is 3.82. The second kappa shape index (κ2) is 2.90. The summed E-state index contributed by atoms with van der Waals surface area (Å²) >= 11 is 0. The third kappa shape index (κ3) is 1.38. The van der Waals surface area contributed by atoms with Gasteiger partial charge < -0.3 is 5.73 Å². The average molecular weight is 177 g/mol. The summed E-state index contributed by atoms with van der Waals surface area (Å²) in [6.07, 6.45) is 1.63. The molecule has 3 nitrogen and oxygen atoms in total. The molecule has 0 radical (unpaired) electrons. The molecule has 0 saturated heterocycles. The van der Waals surface area contributed by atoms with Crippen molar-refractivity contribution in [3.8, 4) is 11.3 Å². The number of hydrogen-bond acceptors (Lipinski definition) is 2. The molecule has 0 amide bonds. The number of H-pyrrole nitrogens is 1. The van der Waals surface area contributed by atoms with E-state index in [4.69, 9.17) is 5.73 Å². The van der Waals surface area contributed by atoms with Crippen molar-refractivity contribution in [3.63, 3.8) is 0 Å². The lowest BCUT2D eigenvalue weighted by atomic mass is 10.1. The summed E-state index contributed by atoms with van der Waals surface area (Å²) in [6.45, 7) is 0. The maximum atomic E-state index is 12.8. The van der Waals surface area contributed by atoms with E-state index in [0.717, 1.165) is 11.3 Å². The summed E-state index contributed by atoms with van der Waals surface area (Å²) in [7, 11) is 0. The van der Waals surface area contributed by atoms with Crippen molar-refractivity contribution in [2.24, 2.45) is 0 Å². The van der Waals surface area contributed by atoms with E-state index >= 15 is 0 Å². The zero-order valence-electron chi connectivity index (χ0n) is 6.79. The molecule has 4 heteroatoms. The zero-order valence-corrected chi connectivity index (χ0v) is 6.79. The number of aromatic nitrogens is 2. The molecule has 0 unspecified atom stereocenters. The minimum atomic E-state index is -0.400. The molecule has 0 bridgehead atoms. The number of halogens is 1. The van der Waals surface area contributed by atoms with Crippen LogP contribution < -0.4 is 5.73 Å². The number of hydrogen-bond donors (Lipinski definition) is 2. The van der Waals surface area contributed by atoms with Crippen LogP contribution in [-0.2, 0) is 0 Å². The fourth-order valence-corrected chi connectivity index (χ4v) is 1.13. The van der Waals surface area contributed by atoms with Crippen molar-refractivity contribution >= 4 is 5.69 Å². The smallest absolute Gasteiger partial charge is 0.146 e. The maximum absolute atomic E-state index is 12.8. The number of nitrogens with two attached hydrogens (primary N) is 1. The van der Waals surface area contributed by atoms with Gasteiger partial charge in [0.2, 0.25) is 0 Å². The number of benzene rings is 1. The molecule has 2 aromatic rings. The summed E-state index contributed by atoms with van der Waals surface area (Å²) in [4.78, 5) is 0. The van der Waals surface area contributed by atoms with E-state index < -0.39 is 5.82 Å². The van der Waals surface area contributed by atoms with E-state index in [0.29, 0.717) is 0 Å². The minimum Gasteiger partial charge on any atom is -0.396 e. The van der Waals surface area contributed by atoms with E-state index in [1.54, 1.807) is 24.4 Å². The second-order valence-corrected chi connectivity index (χ2v) is 2.71. The van der Waals surface area contributed by atoms with Gasteiger partial charge in [-0.25, -0.2) is 4.39 Å². The molecule has 66 valence electrons. The quantitative estimate of drug-likeness (QED) is 0.652. The fourth-order valence-electron chi connectivity index (χ4n) is 1.13. The topological polar surface area (TPSA) is 54.7 Å². The monoisotopic (exact) mass is 177 g/mol. The third-order valence-electron chi connectivity index (χ3n) is 1.81. The minimum absolute atomic E-state index is 0.145. The average Bonchev–Trinajstić information content (AvgIpc) is 2.62. The Labute approximate surface area is 74.4 Å². The summed E-state index contributed by atoms with van der Waals surface area (Å²) < 4.78 is 12.8. The molecule has 0 aliphatic carbocycles. The molecule has 0 atom stereocenters. The van der Waals surface area contributed by atoms with Gasteiger partial charge in [-0.3, -0.25) is 5.10 Å². The van der Waals surface area contributed by atoms with E-state index in [1.807, 2.05) is 0 Å². The van der Waals surface area contributed by atoms with Crippen LogP contribution in [0.5, 0.6) is 0 Å². The number of rotatable bonds is 1. The molecule has 0 saturated carbocycles. The van der Waals surface area contributed by atoms with E-state index in [2.05, 4.69) is 10.2 Å². The van der Waals surface area contributed by atoms with Crippen molar-refractivity contribution in [2.45, 2.75) is 0 Å². The lowest BCUT2D eigenvalue weighted by Crippen LogP contribution is -1.90. The molecule has 0 aliphatic heterocycles. The molecular formula is C9H8FN3. The van der Waals surface area contributed by atoms with Crippen LogP contribution in [0.3, 0.4) is 0 Å². The predicted molar refractivity (Wildman–Crippen MR) is 48.4 cm³/mol. The van der Waals surface area contributed by atoms with Crippen molar-refractivity contribution in [3.05, 3.63) is 36.3 Å². The highest BCUT2D eigenvalue weighted by Crippen LogP contribution is 2.20. The van der Waals surface area contributed by atoms with Crippen molar-refractivity contribution in [1.82, 2.24) is 10.2 Å². The molecule has 0 aliphatic rings. The highest BCUT2D eigenvalue weighted by molar-refractivity contribution is 5.63. The van der Waals surface area contributed by atoms with Gasteiger partial charge >= 0.3 is 0 Å². The first-order chi connectivity index (χ1) is 6.27. The van der Waals surface area contributed by atoms with Crippen LogP contribution in [0.25, 0.3) is 11.3 Å². The van der Waals surface area contributed by atoms with Gasteiger partial charge in [-0.2, -0.15) is 5.10 Å². The molecule has 1 aromatic carbocycles. The Morgan fingerprint density at radius 2 is 2.15 bits per heavy atom. The van der Waals surface area contributed by atoms with Gasteiger partial charge in [0.05, 0.1) is 11.4 Å². The van der Waals surface area contributed by atoms with E-state index in [9.17, 15) is 4.39 Å². The fraction of sp³-hybridized carbons (Fsp3) is 0. The largest absolute Gasteiger partial charge is 0.396 e. The Morgan fingerprint density at radius 3 is 2.77 bits per heavy atom. The summed E-state index contributed by atoms with van der Waals surface area (Å²) in [5, 5.41) is 6.56. The standard InChI is InChI=1S/C9H8FN3/c10-7-2-1-6(5-8(7)11)9-3-4-12-13-9/h1-5H,11H2,(H,12,13). The lowest BCUT2D eigenvalue weighted by molar-refractivity contribution is 0.632. The van der Waals surface area contributed by atoms with Gasteiger partial charge in [-0.1, -0.05) is 0 Å². The predicted octanol–water partition coefficient (Wildman–Crippen LogP) is 1.80. The van der Waals surface area contributed by atoms with Crippen LogP contribution in [0.1, 0.15) is 0 Å². The lowest BCUT2D eigenvalue weighted by Gasteiger charge is -1.99. The number of nitrogen functional groups attached to an aromatic ring is 1. The van der Waals surface area contributed by atoms with Crippen molar-refractivity contribution in [2.75, 3.05) is 5.73 Å². The molecule has 1 heterocycles. The number of anilines is 1. The number of nitrogens with zero attached hydrogens (tertiary/aromatic N) is 1. The Morgan fingerprint density at radius 1 is 1.31 bits per heavy atom. The SMILES string of the molecule is Nc1cc(-c2ccn[nH]2)ccc1F. The second-order valence-electron chi connectivity index (χ2n) is 2.71. The van der Waals surface area contributed by atoms with Gasteiger partial charge in [0.25, 0.3) is 0 Å². The Balaban J connectivity index is 2.49. The van der Waals surface area contributed by atoms with Crippen LogP contribution in [0.2, 0.25) is 0 Å². The Kier molecular flexibility index (Phi) is 1.73. The van der Waals surface area contributed by atoms with E-state index in [1.165, 1.54) is 6.07 Å². The van der Waals surface area contributed by atoms with Crippen LogP contribution in [0.15, 0.2) is 30.5 Å². The van der Waals surface area contributed by atoms with Crippen molar-refractivity contribution < 1.29 is 4.39 Å². The van der Waals surface area contributed by atoms with Crippen LogP contribution in [0, 0.1) is 5.82 Å². The molecule has 3 N–H and O–H groups in total. The molecule has 0 fully saturated rings. The van der Waals surface area contributed by atoms with Gasteiger partial charge in [-0.15, -0.1) is 0 Å². The van der Waals surface area contributed by atoms with Crippen LogP contribution in [-0.4, -0.2) is 10.2 Å². The van der Waals surface area contributed by atoms with Gasteiger partial charge in [0.15, 0.2) is 0 Å². The number of nitrogens with one attached hydrogen (secondary N) is 1. The molecule has 2 rings (SSSR count). The highest BCUT2D eigenvalue weighted by Gasteiger charge is 2.02. The summed E-state index contributed by atoms with van der Waals surface area (Å²) in [5.41, 5.74) is 7.22. The molecule has 0 spiro atoms. The van der Waals surface area contributed by atoms with Gasteiger partial charge in [-0.05, 0) is 24.3 Å². The summed E-state index contributed by atoms with van der Waals surface area (Å²) in [5.74, 6) is -0.400. The molecular weight excluding hydrogens is 169 g/mol. The first-order valence-corrected chi connectivity index (χ1v) is 3.82. The first kappa shape index (κ1) is 7.79. The van der Waals surface area contributed by atoms with Crippen molar-refractivity contribution in [1.29, 1.82) is 0 Å². The van der Waals surface area contributed by atoms with E-state index in [-0.39, 0.29) is 5.69 Å². The number of aromatic amines is 1. The van der Waals surface area contributed by atoms with Gasteiger partial charge in [0.1, 0.15) is 5.82 Å². The Hall–Kier alpha value is -1.84. The molecule has 1 aromatic heterocycles. The normalized spacial score (nSPS) is 10.2. The highest BCUT2D eigenvalue weighted by atomic mass is 19.1. The molecule has 13 heavy (non-hydrogen) atoms. The third-order valence-corrected chi connectivity index (χ3v) is 1.81.